The van der Waals surface area contributed by atoms with Crippen molar-refractivity contribution in [2.24, 2.45) is 5.41 Å². The molecule has 0 rings (SSSR count). The highest BCUT2D eigenvalue weighted by atomic mass is 16.8. The summed E-state index contributed by atoms with van der Waals surface area (Å²) in [6.45, 7) is 3.11. The van der Waals surface area contributed by atoms with E-state index in [1.165, 1.54) is 0 Å². The summed E-state index contributed by atoms with van der Waals surface area (Å²) in [5.41, 5.74) is -0.667. The van der Waals surface area contributed by atoms with Gasteiger partial charge in [-0.25, -0.2) is 0 Å². The van der Waals surface area contributed by atoms with Gasteiger partial charge in [0.1, 0.15) is 0 Å². The molecule has 6 N–H and O–H groups in total. The van der Waals surface area contributed by atoms with Gasteiger partial charge in [-0.2, -0.15) is 0 Å². The van der Waals surface area contributed by atoms with Crippen LogP contribution in [-0.4, -0.2) is 68.5 Å². The Balaban J connectivity index is 0. The smallest absolute Gasteiger partial charge is 0.0596 e. The molecule has 0 amide bonds. The first-order valence-corrected chi connectivity index (χ1v) is 6.03. The van der Waals surface area contributed by atoms with Gasteiger partial charge in [0.2, 0.25) is 0 Å². The van der Waals surface area contributed by atoms with Crippen molar-refractivity contribution in [2.75, 3.05) is 26.4 Å². The third-order valence-electron chi connectivity index (χ3n) is 2.93. The van der Waals surface area contributed by atoms with Crippen LogP contribution >= 0.6 is 0 Å². The molecule has 0 saturated carbocycles. The molecule has 0 aliphatic carbocycles. The lowest BCUT2D eigenvalue weighted by molar-refractivity contribution is -0.329. The summed E-state index contributed by atoms with van der Waals surface area (Å²) in [5, 5.41) is 51.2. The van der Waals surface area contributed by atoms with Gasteiger partial charge in [-0.1, -0.05) is 12.2 Å². The standard InChI is InChI=1S/C6H14O3.C5H13NO3/c1-2-6(3-7,4-8)5-9;1-5(6(8)9)3-2-4-7/h7-9H,2-5H2,1H3;5,7-9H,2-4H2,1H3. The lowest BCUT2D eigenvalue weighted by Crippen LogP contribution is -2.32. The van der Waals surface area contributed by atoms with Gasteiger partial charge in [-0.3, -0.25) is 10.4 Å². The van der Waals surface area contributed by atoms with Crippen molar-refractivity contribution in [1.82, 2.24) is 5.23 Å². The highest BCUT2D eigenvalue weighted by Gasteiger charge is 2.24. The molecule has 0 aliphatic heterocycles. The number of hydrogen-bond acceptors (Lipinski definition) is 7. The number of aliphatic hydroxyl groups is 4. The fraction of sp³-hybridized carbons (Fsp3) is 1.00. The van der Waals surface area contributed by atoms with Gasteiger partial charge < -0.3 is 20.4 Å². The Hall–Kier alpha value is -0.280. The predicted octanol–water partition coefficient (Wildman–Crippen LogP) is -0.413. The van der Waals surface area contributed by atoms with Crippen LogP contribution in [0.25, 0.3) is 0 Å². The van der Waals surface area contributed by atoms with E-state index in [4.69, 9.17) is 30.8 Å². The van der Waals surface area contributed by atoms with Crippen molar-refractivity contribution in [2.45, 2.75) is 39.2 Å². The van der Waals surface area contributed by atoms with Gasteiger partial charge in [0.25, 0.3) is 0 Å². The highest BCUT2D eigenvalue weighted by Crippen LogP contribution is 2.18. The molecule has 18 heavy (non-hydrogen) atoms. The number of hydrogen-bond donors (Lipinski definition) is 6. The minimum atomic E-state index is -0.667. The Morgan fingerprint density at radius 2 is 1.44 bits per heavy atom. The van der Waals surface area contributed by atoms with E-state index in [0.717, 1.165) is 0 Å². The fourth-order valence-electron chi connectivity index (χ4n) is 0.988. The summed E-state index contributed by atoms with van der Waals surface area (Å²) >= 11 is 0. The van der Waals surface area contributed by atoms with Gasteiger partial charge in [0.05, 0.1) is 25.9 Å². The molecule has 0 fully saturated rings. The lowest BCUT2D eigenvalue weighted by atomic mass is 9.88. The van der Waals surface area contributed by atoms with E-state index in [9.17, 15) is 0 Å². The van der Waals surface area contributed by atoms with Crippen LogP contribution in [0, 0.1) is 5.41 Å². The van der Waals surface area contributed by atoms with E-state index in [0.29, 0.717) is 19.3 Å². The van der Waals surface area contributed by atoms with Crippen molar-refractivity contribution in [1.29, 1.82) is 0 Å². The average molecular weight is 269 g/mol. The molecule has 0 aromatic rings. The Morgan fingerprint density at radius 1 is 1.00 bits per heavy atom. The van der Waals surface area contributed by atoms with Crippen LogP contribution in [0.3, 0.4) is 0 Å². The Kier molecular flexibility index (Phi) is 13.1. The third-order valence-corrected chi connectivity index (χ3v) is 2.93. The first kappa shape index (κ1) is 20.0. The molecule has 0 spiro atoms. The largest absolute Gasteiger partial charge is 0.396 e. The van der Waals surface area contributed by atoms with E-state index >= 15 is 0 Å². The van der Waals surface area contributed by atoms with E-state index in [2.05, 4.69) is 0 Å². The zero-order valence-corrected chi connectivity index (χ0v) is 11.2. The molecule has 112 valence electrons. The molecule has 0 heterocycles. The van der Waals surface area contributed by atoms with Crippen LogP contribution in [0.1, 0.15) is 33.1 Å². The number of hydroxylamine groups is 2. The topological polar surface area (TPSA) is 125 Å². The van der Waals surface area contributed by atoms with Crippen molar-refractivity contribution in [3.8, 4) is 0 Å². The van der Waals surface area contributed by atoms with Crippen molar-refractivity contribution in [3.05, 3.63) is 0 Å². The van der Waals surface area contributed by atoms with Crippen LogP contribution in [0.15, 0.2) is 0 Å². The maximum absolute atomic E-state index is 8.66. The minimum absolute atomic E-state index is 0.0954. The number of aliphatic hydroxyl groups excluding tert-OH is 4. The molecular formula is C11H27NO6. The minimum Gasteiger partial charge on any atom is -0.396 e. The molecule has 0 aliphatic rings. The molecule has 0 bridgehead atoms. The fourth-order valence-corrected chi connectivity index (χ4v) is 0.988. The van der Waals surface area contributed by atoms with Crippen LogP contribution in [-0.2, 0) is 0 Å². The summed E-state index contributed by atoms with van der Waals surface area (Å²) in [6.07, 6.45) is 1.78. The molecule has 0 saturated heterocycles. The van der Waals surface area contributed by atoms with Gasteiger partial charge in [-0.15, -0.1) is 0 Å². The van der Waals surface area contributed by atoms with E-state index in [1.54, 1.807) is 6.92 Å². The quantitative estimate of drug-likeness (QED) is 0.331. The molecule has 7 nitrogen and oxygen atoms in total. The number of nitrogens with zero attached hydrogens (tertiary/aromatic N) is 1. The zero-order valence-electron chi connectivity index (χ0n) is 11.2. The first-order chi connectivity index (χ1) is 8.42. The maximum atomic E-state index is 8.66. The SMILES string of the molecule is CC(CCCO)N(O)O.CCC(CO)(CO)CO. The Morgan fingerprint density at radius 3 is 1.61 bits per heavy atom. The Labute approximate surface area is 108 Å². The second-order valence-corrected chi connectivity index (χ2v) is 4.36. The van der Waals surface area contributed by atoms with Crippen LogP contribution < -0.4 is 0 Å². The zero-order chi connectivity index (χ0) is 14.6. The van der Waals surface area contributed by atoms with E-state index in [1.807, 2.05) is 6.92 Å². The van der Waals surface area contributed by atoms with E-state index in [-0.39, 0.29) is 37.7 Å². The summed E-state index contributed by atoms with van der Waals surface area (Å²) in [5.74, 6) is 0. The molecular weight excluding hydrogens is 242 g/mol. The molecule has 0 aromatic heterocycles. The van der Waals surface area contributed by atoms with Crippen molar-refractivity contribution >= 4 is 0 Å². The predicted molar refractivity (Wildman–Crippen MR) is 65.2 cm³/mol. The summed E-state index contributed by atoms with van der Waals surface area (Å²) in [7, 11) is 0. The molecule has 0 radical (unpaired) electrons. The second-order valence-electron chi connectivity index (χ2n) is 4.36. The lowest BCUT2D eigenvalue weighted by Gasteiger charge is -2.24. The highest BCUT2D eigenvalue weighted by molar-refractivity contribution is 4.74. The first-order valence-electron chi connectivity index (χ1n) is 6.03. The molecule has 7 heteroatoms. The van der Waals surface area contributed by atoms with Crippen molar-refractivity contribution < 1.29 is 30.8 Å². The van der Waals surface area contributed by atoms with Gasteiger partial charge in [-0.05, 0) is 26.2 Å². The summed E-state index contributed by atoms with van der Waals surface area (Å²) in [6, 6.07) is -0.294. The number of rotatable bonds is 8. The van der Waals surface area contributed by atoms with E-state index < -0.39 is 5.41 Å². The second kappa shape index (κ2) is 11.8. The van der Waals surface area contributed by atoms with Crippen LogP contribution in [0.5, 0.6) is 0 Å². The third kappa shape index (κ3) is 8.76. The summed E-state index contributed by atoms with van der Waals surface area (Å²) in [4.78, 5) is 0. The Bertz CT molecular complexity index is 157. The average Bonchev–Trinajstić information content (AvgIpc) is 2.40. The molecule has 1 unspecified atom stereocenters. The van der Waals surface area contributed by atoms with Gasteiger partial charge >= 0.3 is 0 Å². The van der Waals surface area contributed by atoms with Crippen LogP contribution in [0.2, 0.25) is 0 Å². The van der Waals surface area contributed by atoms with Gasteiger partial charge in [0.15, 0.2) is 0 Å². The summed E-state index contributed by atoms with van der Waals surface area (Å²) < 4.78 is 0. The molecule has 1 atom stereocenters. The monoisotopic (exact) mass is 269 g/mol. The van der Waals surface area contributed by atoms with Crippen LogP contribution in [0.4, 0.5) is 0 Å². The van der Waals surface area contributed by atoms with Gasteiger partial charge in [0, 0.05) is 12.0 Å². The molecule has 0 aromatic carbocycles. The normalized spacial score (nSPS) is 13.2. The van der Waals surface area contributed by atoms with Crippen molar-refractivity contribution in [3.63, 3.8) is 0 Å². The maximum Gasteiger partial charge on any atom is 0.0596 e.